The van der Waals surface area contributed by atoms with Gasteiger partial charge in [0.25, 0.3) is 0 Å². The fraction of sp³-hybridized carbons (Fsp3) is 0.0769. The standard InChI is InChI=1S/C13H13N7O/c21-13(17-11-7-15-16-8-11)18-12-3-5-20(19-12)9-10-2-1-4-14-6-10/h1-8H,9H2,(H,15,16)(H2,17,18,19,21). The van der Waals surface area contributed by atoms with Crippen LogP contribution in [0.5, 0.6) is 0 Å². The molecule has 0 aliphatic heterocycles. The number of nitrogens with one attached hydrogen (secondary N) is 3. The van der Waals surface area contributed by atoms with Gasteiger partial charge in [-0.15, -0.1) is 0 Å². The summed E-state index contributed by atoms with van der Waals surface area (Å²) in [5.41, 5.74) is 1.62. The van der Waals surface area contributed by atoms with Crippen molar-refractivity contribution in [1.29, 1.82) is 0 Å². The summed E-state index contributed by atoms with van der Waals surface area (Å²) in [6.07, 6.45) is 8.39. The smallest absolute Gasteiger partial charge is 0.305 e. The van der Waals surface area contributed by atoms with Gasteiger partial charge < -0.3 is 5.32 Å². The Morgan fingerprint density at radius 1 is 1.29 bits per heavy atom. The second kappa shape index (κ2) is 5.87. The first-order valence-corrected chi connectivity index (χ1v) is 6.29. The van der Waals surface area contributed by atoms with Crippen molar-refractivity contribution >= 4 is 17.5 Å². The molecule has 0 unspecified atom stereocenters. The largest absolute Gasteiger partial charge is 0.324 e. The van der Waals surface area contributed by atoms with Crippen LogP contribution in [-0.2, 0) is 6.54 Å². The molecule has 3 rings (SSSR count). The van der Waals surface area contributed by atoms with Gasteiger partial charge in [-0.05, 0) is 11.6 Å². The summed E-state index contributed by atoms with van der Waals surface area (Å²) in [5, 5.41) is 15.9. The van der Waals surface area contributed by atoms with Crippen molar-refractivity contribution < 1.29 is 4.79 Å². The number of rotatable bonds is 4. The van der Waals surface area contributed by atoms with Crippen molar-refractivity contribution in [2.24, 2.45) is 0 Å². The number of hydrogen-bond donors (Lipinski definition) is 3. The second-order valence-electron chi connectivity index (χ2n) is 4.33. The highest BCUT2D eigenvalue weighted by molar-refractivity contribution is 5.98. The number of nitrogens with zero attached hydrogens (tertiary/aromatic N) is 4. The van der Waals surface area contributed by atoms with Crippen LogP contribution in [0.4, 0.5) is 16.3 Å². The monoisotopic (exact) mass is 283 g/mol. The third-order valence-electron chi connectivity index (χ3n) is 2.71. The number of aromatic nitrogens is 5. The van der Waals surface area contributed by atoms with Gasteiger partial charge in [0.15, 0.2) is 5.82 Å². The maximum atomic E-state index is 11.7. The molecule has 0 spiro atoms. The van der Waals surface area contributed by atoms with E-state index in [2.05, 4.69) is 30.9 Å². The zero-order chi connectivity index (χ0) is 14.5. The van der Waals surface area contributed by atoms with Crippen molar-refractivity contribution in [3.05, 3.63) is 54.7 Å². The van der Waals surface area contributed by atoms with Gasteiger partial charge in [-0.1, -0.05) is 6.07 Å². The average Bonchev–Trinajstić information content (AvgIpc) is 3.12. The molecule has 21 heavy (non-hydrogen) atoms. The van der Waals surface area contributed by atoms with Gasteiger partial charge in [0.2, 0.25) is 0 Å². The van der Waals surface area contributed by atoms with Crippen LogP contribution in [0.2, 0.25) is 0 Å². The first-order chi connectivity index (χ1) is 10.3. The minimum Gasteiger partial charge on any atom is -0.305 e. The third kappa shape index (κ3) is 3.44. The number of carbonyl (C=O) groups excluding carboxylic acids is 1. The number of pyridine rings is 1. The highest BCUT2D eigenvalue weighted by Gasteiger charge is 2.06. The highest BCUT2D eigenvalue weighted by Crippen LogP contribution is 2.07. The van der Waals surface area contributed by atoms with E-state index in [1.165, 1.54) is 6.20 Å². The molecule has 0 aliphatic carbocycles. The van der Waals surface area contributed by atoms with E-state index >= 15 is 0 Å². The first kappa shape index (κ1) is 12.9. The molecular weight excluding hydrogens is 270 g/mol. The molecule has 8 nitrogen and oxygen atoms in total. The Hall–Kier alpha value is -3.16. The van der Waals surface area contributed by atoms with E-state index in [9.17, 15) is 4.79 Å². The van der Waals surface area contributed by atoms with E-state index in [1.54, 1.807) is 35.5 Å². The summed E-state index contributed by atoms with van der Waals surface area (Å²) < 4.78 is 1.73. The van der Waals surface area contributed by atoms with Crippen LogP contribution < -0.4 is 10.6 Å². The van der Waals surface area contributed by atoms with Crippen molar-refractivity contribution in [2.75, 3.05) is 10.6 Å². The Morgan fingerprint density at radius 3 is 3.00 bits per heavy atom. The molecule has 3 aromatic rings. The van der Waals surface area contributed by atoms with E-state index < -0.39 is 0 Å². The molecule has 3 N–H and O–H groups in total. The number of carbonyl (C=O) groups is 1. The van der Waals surface area contributed by atoms with Crippen LogP contribution in [0, 0.1) is 0 Å². The van der Waals surface area contributed by atoms with Crippen molar-refractivity contribution in [3.63, 3.8) is 0 Å². The van der Waals surface area contributed by atoms with Crippen LogP contribution in [0.15, 0.2) is 49.2 Å². The lowest BCUT2D eigenvalue weighted by atomic mass is 10.3. The van der Waals surface area contributed by atoms with E-state index in [-0.39, 0.29) is 6.03 Å². The van der Waals surface area contributed by atoms with Gasteiger partial charge in [0, 0.05) is 30.9 Å². The quantitative estimate of drug-likeness (QED) is 0.678. The Bertz CT molecular complexity index is 705. The Morgan fingerprint density at radius 2 is 2.24 bits per heavy atom. The van der Waals surface area contributed by atoms with Crippen LogP contribution >= 0.6 is 0 Å². The maximum Gasteiger partial charge on any atom is 0.324 e. The molecular formula is C13H13N7O. The predicted molar refractivity (Wildman–Crippen MR) is 76.8 cm³/mol. The number of amides is 2. The fourth-order valence-corrected chi connectivity index (χ4v) is 1.79. The summed E-state index contributed by atoms with van der Waals surface area (Å²) in [6.45, 7) is 0.596. The van der Waals surface area contributed by atoms with Gasteiger partial charge in [0.1, 0.15) is 0 Å². The minimum absolute atomic E-state index is 0.372. The summed E-state index contributed by atoms with van der Waals surface area (Å²) >= 11 is 0. The lowest BCUT2D eigenvalue weighted by Gasteiger charge is -2.03. The molecule has 0 bridgehead atoms. The van der Waals surface area contributed by atoms with Gasteiger partial charge >= 0.3 is 6.03 Å². The lowest BCUT2D eigenvalue weighted by Crippen LogP contribution is -2.19. The molecule has 0 radical (unpaired) electrons. The summed E-state index contributed by atoms with van der Waals surface area (Å²) in [7, 11) is 0. The number of anilines is 2. The molecule has 0 atom stereocenters. The number of aromatic amines is 1. The molecule has 0 aliphatic rings. The number of hydrogen-bond acceptors (Lipinski definition) is 4. The summed E-state index contributed by atoms with van der Waals surface area (Å²) in [5.74, 6) is 0.472. The Kier molecular flexibility index (Phi) is 3.59. The SMILES string of the molecule is O=C(Nc1cn[nH]c1)Nc1ccn(Cc2cccnc2)n1. The normalized spacial score (nSPS) is 10.3. The topological polar surface area (TPSA) is 101 Å². The van der Waals surface area contributed by atoms with Crippen LogP contribution in [0.1, 0.15) is 5.56 Å². The Balaban J connectivity index is 1.59. The van der Waals surface area contributed by atoms with Crippen molar-refractivity contribution in [1.82, 2.24) is 25.0 Å². The number of H-pyrrole nitrogens is 1. The zero-order valence-corrected chi connectivity index (χ0v) is 11.0. The molecule has 0 aromatic carbocycles. The van der Waals surface area contributed by atoms with Gasteiger partial charge in [-0.25, -0.2) is 4.79 Å². The van der Waals surface area contributed by atoms with E-state index in [0.717, 1.165) is 5.56 Å². The predicted octanol–water partition coefficient (Wildman–Crippen LogP) is 1.69. The van der Waals surface area contributed by atoms with Gasteiger partial charge in [0.05, 0.1) is 18.4 Å². The lowest BCUT2D eigenvalue weighted by molar-refractivity contribution is 0.262. The van der Waals surface area contributed by atoms with Crippen LogP contribution in [0.3, 0.4) is 0 Å². The van der Waals surface area contributed by atoms with E-state index in [0.29, 0.717) is 18.1 Å². The van der Waals surface area contributed by atoms with Crippen molar-refractivity contribution in [3.8, 4) is 0 Å². The minimum atomic E-state index is -0.372. The van der Waals surface area contributed by atoms with Gasteiger partial charge in [-0.3, -0.25) is 20.1 Å². The highest BCUT2D eigenvalue weighted by atomic mass is 16.2. The number of urea groups is 1. The van der Waals surface area contributed by atoms with Gasteiger partial charge in [-0.2, -0.15) is 10.2 Å². The Labute approximate surface area is 120 Å². The zero-order valence-electron chi connectivity index (χ0n) is 11.0. The first-order valence-electron chi connectivity index (χ1n) is 6.29. The molecule has 0 fully saturated rings. The molecule has 8 heteroatoms. The fourth-order valence-electron chi connectivity index (χ4n) is 1.79. The van der Waals surface area contributed by atoms with Crippen LogP contribution in [-0.4, -0.2) is 31.0 Å². The molecule has 2 amide bonds. The molecule has 3 heterocycles. The van der Waals surface area contributed by atoms with Crippen LogP contribution in [0.25, 0.3) is 0 Å². The van der Waals surface area contributed by atoms with E-state index in [4.69, 9.17) is 0 Å². The van der Waals surface area contributed by atoms with E-state index in [1.807, 2.05) is 12.1 Å². The average molecular weight is 283 g/mol. The summed E-state index contributed by atoms with van der Waals surface area (Å²) in [4.78, 5) is 15.8. The van der Waals surface area contributed by atoms with Crippen molar-refractivity contribution in [2.45, 2.75) is 6.54 Å². The molecule has 3 aromatic heterocycles. The summed E-state index contributed by atoms with van der Waals surface area (Å²) in [6, 6.07) is 5.19. The maximum absolute atomic E-state index is 11.7. The molecule has 0 saturated carbocycles. The molecule has 0 saturated heterocycles. The second-order valence-corrected chi connectivity index (χ2v) is 4.33. The molecule has 106 valence electrons. The third-order valence-corrected chi connectivity index (χ3v) is 2.71.